The Morgan fingerprint density at radius 3 is 2.28 bits per heavy atom. The first-order valence-corrected chi connectivity index (χ1v) is 10.8. The fourth-order valence-electron chi connectivity index (χ4n) is 2.91. The standard InChI is InChI=1S/C23H24N2O3S/c1-16-11-13-19(14-12-16)18(3)24-23(26)20-8-6-9-21(15-20)29(27,28)25-22-10-5-4-7-17(22)2/h4-15,18,25H,1-3H3,(H,24,26)/t18-/m0/s1. The maximum atomic E-state index is 12.8. The molecule has 0 aromatic heterocycles. The number of carbonyl (C=O) groups is 1. The molecule has 5 nitrogen and oxygen atoms in total. The number of hydrogen-bond donors (Lipinski definition) is 2. The molecule has 0 fully saturated rings. The normalized spacial score (nSPS) is 12.2. The fourth-order valence-corrected chi connectivity index (χ4v) is 4.09. The molecule has 0 heterocycles. The maximum absolute atomic E-state index is 12.8. The van der Waals surface area contributed by atoms with Gasteiger partial charge in [-0.15, -0.1) is 0 Å². The van der Waals surface area contributed by atoms with Crippen LogP contribution in [0.5, 0.6) is 0 Å². The highest BCUT2D eigenvalue weighted by Crippen LogP contribution is 2.20. The molecule has 0 saturated carbocycles. The first-order chi connectivity index (χ1) is 13.8. The fraction of sp³-hybridized carbons (Fsp3) is 0.174. The summed E-state index contributed by atoms with van der Waals surface area (Å²) in [6.07, 6.45) is 0. The number of aryl methyl sites for hydroxylation is 2. The molecule has 0 saturated heterocycles. The lowest BCUT2D eigenvalue weighted by Crippen LogP contribution is -2.27. The zero-order valence-corrected chi connectivity index (χ0v) is 17.5. The van der Waals surface area contributed by atoms with E-state index in [9.17, 15) is 13.2 Å². The van der Waals surface area contributed by atoms with Gasteiger partial charge in [-0.3, -0.25) is 9.52 Å². The number of carbonyl (C=O) groups excluding carboxylic acids is 1. The smallest absolute Gasteiger partial charge is 0.261 e. The summed E-state index contributed by atoms with van der Waals surface area (Å²) < 4.78 is 28.1. The van der Waals surface area contributed by atoms with Crippen molar-refractivity contribution >= 4 is 21.6 Å². The van der Waals surface area contributed by atoms with Crippen LogP contribution in [-0.2, 0) is 10.0 Å². The molecule has 0 radical (unpaired) electrons. The zero-order chi connectivity index (χ0) is 21.0. The van der Waals surface area contributed by atoms with Crippen LogP contribution >= 0.6 is 0 Å². The summed E-state index contributed by atoms with van der Waals surface area (Å²) in [5, 5.41) is 2.92. The number of amides is 1. The van der Waals surface area contributed by atoms with E-state index in [1.54, 1.807) is 24.3 Å². The maximum Gasteiger partial charge on any atom is 0.261 e. The highest BCUT2D eigenvalue weighted by molar-refractivity contribution is 7.92. The van der Waals surface area contributed by atoms with Crippen molar-refractivity contribution in [3.63, 3.8) is 0 Å². The van der Waals surface area contributed by atoms with Gasteiger partial charge >= 0.3 is 0 Å². The molecule has 0 spiro atoms. The summed E-state index contributed by atoms with van der Waals surface area (Å²) in [5.41, 5.74) is 3.74. The highest BCUT2D eigenvalue weighted by Gasteiger charge is 2.18. The van der Waals surface area contributed by atoms with Crippen molar-refractivity contribution < 1.29 is 13.2 Å². The van der Waals surface area contributed by atoms with Gasteiger partial charge in [0.15, 0.2) is 0 Å². The molecule has 0 aliphatic carbocycles. The third-order valence-corrected chi connectivity index (χ3v) is 6.08. The highest BCUT2D eigenvalue weighted by atomic mass is 32.2. The van der Waals surface area contributed by atoms with Gasteiger partial charge in [-0.25, -0.2) is 8.42 Å². The quantitative estimate of drug-likeness (QED) is 0.626. The molecular weight excluding hydrogens is 384 g/mol. The molecule has 0 aliphatic rings. The molecule has 1 amide bonds. The molecule has 150 valence electrons. The van der Waals surface area contributed by atoms with Crippen LogP contribution in [0, 0.1) is 13.8 Å². The Bertz CT molecular complexity index is 1120. The van der Waals surface area contributed by atoms with Crippen molar-refractivity contribution in [2.75, 3.05) is 4.72 Å². The third kappa shape index (κ3) is 5.03. The van der Waals surface area contributed by atoms with Crippen LogP contribution < -0.4 is 10.0 Å². The minimum atomic E-state index is -3.81. The summed E-state index contributed by atoms with van der Waals surface area (Å²) in [5.74, 6) is -0.328. The molecular formula is C23H24N2O3S. The van der Waals surface area contributed by atoms with Gasteiger partial charge in [0.25, 0.3) is 15.9 Å². The predicted octanol–water partition coefficient (Wildman–Crippen LogP) is 4.60. The summed E-state index contributed by atoms with van der Waals surface area (Å²) in [4.78, 5) is 12.7. The van der Waals surface area contributed by atoms with E-state index >= 15 is 0 Å². The third-order valence-electron chi connectivity index (χ3n) is 4.72. The predicted molar refractivity (Wildman–Crippen MR) is 115 cm³/mol. The van der Waals surface area contributed by atoms with Gasteiger partial charge in [-0.05, 0) is 56.2 Å². The topological polar surface area (TPSA) is 75.3 Å². The summed E-state index contributed by atoms with van der Waals surface area (Å²) in [6.45, 7) is 5.72. The molecule has 1 atom stereocenters. The number of para-hydroxylation sites is 1. The molecule has 0 aliphatic heterocycles. The van der Waals surface area contributed by atoms with Crippen molar-refractivity contribution in [2.24, 2.45) is 0 Å². The molecule has 3 aromatic carbocycles. The molecule has 0 unspecified atom stereocenters. The lowest BCUT2D eigenvalue weighted by atomic mass is 10.1. The van der Waals surface area contributed by atoms with E-state index in [0.29, 0.717) is 5.69 Å². The SMILES string of the molecule is Cc1ccc([C@H](C)NC(=O)c2cccc(S(=O)(=O)Nc3ccccc3C)c2)cc1. The Labute approximate surface area is 171 Å². The summed E-state index contributed by atoms with van der Waals surface area (Å²) >= 11 is 0. The Balaban J connectivity index is 1.78. The number of anilines is 1. The number of sulfonamides is 1. The molecule has 0 bridgehead atoms. The van der Waals surface area contributed by atoms with Crippen LogP contribution in [-0.4, -0.2) is 14.3 Å². The first-order valence-electron chi connectivity index (χ1n) is 9.32. The van der Waals surface area contributed by atoms with Crippen LogP contribution in [0.1, 0.15) is 40.0 Å². The van der Waals surface area contributed by atoms with Crippen LogP contribution in [0.15, 0.2) is 77.7 Å². The van der Waals surface area contributed by atoms with Crippen LogP contribution in [0.25, 0.3) is 0 Å². The Kier molecular flexibility index (Phi) is 6.03. The van der Waals surface area contributed by atoms with Gasteiger partial charge in [0.05, 0.1) is 16.6 Å². The van der Waals surface area contributed by atoms with Gasteiger partial charge in [0, 0.05) is 5.56 Å². The van der Waals surface area contributed by atoms with Gasteiger partial charge in [0.1, 0.15) is 0 Å². The first kappa shape index (κ1) is 20.6. The second kappa shape index (κ2) is 8.49. The summed E-state index contributed by atoms with van der Waals surface area (Å²) in [6, 6.07) is 20.9. The van der Waals surface area contributed by atoms with Gasteiger partial charge < -0.3 is 5.32 Å². The van der Waals surface area contributed by atoms with Crippen molar-refractivity contribution in [3.8, 4) is 0 Å². The van der Waals surface area contributed by atoms with Gasteiger partial charge in [-0.1, -0.05) is 54.1 Å². The van der Waals surface area contributed by atoms with Gasteiger partial charge in [0.2, 0.25) is 0 Å². The molecule has 29 heavy (non-hydrogen) atoms. The largest absolute Gasteiger partial charge is 0.346 e. The Morgan fingerprint density at radius 2 is 1.59 bits per heavy atom. The molecule has 3 rings (SSSR count). The average molecular weight is 409 g/mol. The van der Waals surface area contributed by atoms with E-state index in [1.165, 1.54) is 12.1 Å². The number of nitrogens with one attached hydrogen (secondary N) is 2. The van der Waals surface area contributed by atoms with E-state index in [1.807, 2.05) is 57.2 Å². The van der Waals surface area contributed by atoms with Gasteiger partial charge in [-0.2, -0.15) is 0 Å². The number of hydrogen-bond acceptors (Lipinski definition) is 3. The lowest BCUT2D eigenvalue weighted by Gasteiger charge is -2.15. The second-order valence-corrected chi connectivity index (χ2v) is 8.74. The van der Waals surface area contributed by atoms with E-state index in [-0.39, 0.29) is 22.4 Å². The average Bonchev–Trinajstić information content (AvgIpc) is 2.70. The van der Waals surface area contributed by atoms with Crippen molar-refractivity contribution in [1.82, 2.24) is 5.32 Å². The molecule has 2 N–H and O–H groups in total. The Morgan fingerprint density at radius 1 is 0.897 bits per heavy atom. The lowest BCUT2D eigenvalue weighted by molar-refractivity contribution is 0.0939. The number of benzene rings is 3. The van der Waals surface area contributed by atoms with Crippen LogP contribution in [0.2, 0.25) is 0 Å². The van der Waals surface area contributed by atoms with Crippen molar-refractivity contribution in [1.29, 1.82) is 0 Å². The minimum absolute atomic E-state index is 0.0383. The Hall–Kier alpha value is -3.12. The molecule has 3 aromatic rings. The second-order valence-electron chi connectivity index (χ2n) is 7.05. The summed E-state index contributed by atoms with van der Waals surface area (Å²) in [7, 11) is -3.81. The monoisotopic (exact) mass is 408 g/mol. The minimum Gasteiger partial charge on any atom is -0.346 e. The van der Waals surface area contributed by atoms with Crippen LogP contribution in [0.3, 0.4) is 0 Å². The van der Waals surface area contributed by atoms with E-state index in [4.69, 9.17) is 0 Å². The number of rotatable bonds is 6. The van der Waals surface area contributed by atoms with Crippen molar-refractivity contribution in [3.05, 3.63) is 95.1 Å². The molecule has 6 heteroatoms. The van der Waals surface area contributed by atoms with E-state index in [0.717, 1.165) is 16.7 Å². The van der Waals surface area contributed by atoms with E-state index < -0.39 is 10.0 Å². The van der Waals surface area contributed by atoms with E-state index in [2.05, 4.69) is 10.0 Å². The van der Waals surface area contributed by atoms with Crippen molar-refractivity contribution in [2.45, 2.75) is 31.7 Å². The zero-order valence-electron chi connectivity index (χ0n) is 16.6. The van der Waals surface area contributed by atoms with Crippen LogP contribution in [0.4, 0.5) is 5.69 Å².